The van der Waals surface area contributed by atoms with Crippen LogP contribution in [0.15, 0.2) is 36.4 Å². The van der Waals surface area contributed by atoms with Gasteiger partial charge in [0, 0.05) is 36.3 Å². The molecule has 2 aromatic rings. The first-order valence-corrected chi connectivity index (χ1v) is 11.6. The number of amides is 4. The number of likely N-dealkylation sites (tertiary alicyclic amines) is 1. The van der Waals surface area contributed by atoms with Crippen LogP contribution in [0.1, 0.15) is 68.1 Å². The van der Waals surface area contributed by atoms with Crippen LogP contribution in [0, 0.1) is 0 Å². The lowest BCUT2D eigenvalue weighted by atomic mass is 10.0. The Hall–Kier alpha value is -3.88. The number of carbonyl (C=O) groups excluding carboxylic acids is 4. The lowest BCUT2D eigenvalue weighted by molar-refractivity contribution is 0.0607. The van der Waals surface area contributed by atoms with E-state index in [0.29, 0.717) is 54.1 Å². The summed E-state index contributed by atoms with van der Waals surface area (Å²) < 4.78 is 10.5. The molecule has 9 heteroatoms. The summed E-state index contributed by atoms with van der Waals surface area (Å²) in [5.74, 6) is -0.0822. The van der Waals surface area contributed by atoms with Gasteiger partial charge in [-0.3, -0.25) is 24.1 Å². The van der Waals surface area contributed by atoms with E-state index in [4.69, 9.17) is 9.47 Å². The monoisotopic (exact) mass is 479 g/mol. The summed E-state index contributed by atoms with van der Waals surface area (Å²) >= 11 is 0. The molecule has 0 aliphatic carbocycles. The van der Waals surface area contributed by atoms with Gasteiger partial charge in [-0.05, 0) is 63.1 Å². The molecule has 4 amide bonds. The van der Waals surface area contributed by atoms with Gasteiger partial charge in [0.05, 0.1) is 25.3 Å². The molecule has 4 rings (SSSR count). The van der Waals surface area contributed by atoms with Crippen LogP contribution in [0.25, 0.3) is 0 Å². The number of methoxy groups -OCH3 is 2. The van der Waals surface area contributed by atoms with E-state index in [1.54, 1.807) is 49.1 Å². The van der Waals surface area contributed by atoms with Crippen molar-refractivity contribution in [1.82, 2.24) is 15.1 Å². The number of piperidine rings is 1. The summed E-state index contributed by atoms with van der Waals surface area (Å²) in [6, 6.07) is 9.34. The number of ether oxygens (including phenoxy) is 2. The molecule has 0 saturated carbocycles. The van der Waals surface area contributed by atoms with Gasteiger partial charge in [-0.25, -0.2) is 0 Å². The molecule has 1 N–H and O–H groups in total. The molecule has 9 nitrogen and oxygen atoms in total. The van der Waals surface area contributed by atoms with Gasteiger partial charge in [-0.1, -0.05) is 0 Å². The molecule has 1 fully saturated rings. The van der Waals surface area contributed by atoms with Crippen molar-refractivity contribution in [3.05, 3.63) is 58.7 Å². The molecule has 0 radical (unpaired) electrons. The summed E-state index contributed by atoms with van der Waals surface area (Å²) in [6.45, 7) is 4.50. The van der Waals surface area contributed by atoms with Crippen LogP contribution in [-0.2, 0) is 0 Å². The van der Waals surface area contributed by atoms with E-state index in [1.807, 2.05) is 0 Å². The Morgan fingerprint density at radius 2 is 1.51 bits per heavy atom. The van der Waals surface area contributed by atoms with Gasteiger partial charge < -0.3 is 19.7 Å². The summed E-state index contributed by atoms with van der Waals surface area (Å²) in [4.78, 5) is 53.9. The molecule has 35 heavy (non-hydrogen) atoms. The molecule has 184 valence electrons. The fourth-order valence-corrected chi connectivity index (χ4v) is 4.52. The van der Waals surface area contributed by atoms with E-state index < -0.39 is 0 Å². The second-order valence-corrected chi connectivity index (χ2v) is 8.94. The molecule has 2 heterocycles. The third-order valence-electron chi connectivity index (χ3n) is 6.44. The predicted molar refractivity (Wildman–Crippen MR) is 128 cm³/mol. The molecular weight excluding hydrogens is 450 g/mol. The Bertz CT molecular complexity index is 1180. The minimum atomic E-state index is -0.369. The van der Waals surface area contributed by atoms with E-state index in [9.17, 15) is 19.2 Å². The molecule has 0 bridgehead atoms. The minimum absolute atomic E-state index is 0.0709. The van der Waals surface area contributed by atoms with Crippen molar-refractivity contribution in [1.29, 1.82) is 0 Å². The number of rotatable bonds is 6. The highest BCUT2D eigenvalue weighted by molar-refractivity contribution is 6.22. The smallest absolute Gasteiger partial charge is 0.261 e. The number of benzene rings is 2. The van der Waals surface area contributed by atoms with E-state index in [-0.39, 0.29) is 41.3 Å². The lowest BCUT2D eigenvalue weighted by Crippen LogP contribution is -2.46. The van der Waals surface area contributed by atoms with Crippen molar-refractivity contribution >= 4 is 23.6 Å². The van der Waals surface area contributed by atoms with Crippen LogP contribution in [0.5, 0.6) is 11.5 Å². The van der Waals surface area contributed by atoms with Crippen LogP contribution < -0.4 is 14.8 Å². The van der Waals surface area contributed by atoms with Gasteiger partial charge in [-0.15, -0.1) is 0 Å². The van der Waals surface area contributed by atoms with Gasteiger partial charge in [0.15, 0.2) is 11.5 Å². The Balaban J connectivity index is 1.37. The van der Waals surface area contributed by atoms with Crippen LogP contribution >= 0.6 is 0 Å². The molecule has 2 aromatic carbocycles. The maximum atomic E-state index is 13.1. The number of nitrogens with one attached hydrogen (secondary N) is 1. The Morgan fingerprint density at radius 1 is 0.886 bits per heavy atom. The molecule has 0 atom stereocenters. The zero-order chi connectivity index (χ0) is 25.3. The predicted octanol–water partition coefficient (Wildman–Crippen LogP) is 2.74. The highest BCUT2D eigenvalue weighted by Gasteiger charge is 2.38. The third kappa shape index (κ3) is 4.58. The average Bonchev–Trinajstić information content (AvgIpc) is 3.12. The molecule has 0 spiro atoms. The number of hydrogen-bond acceptors (Lipinski definition) is 6. The average molecular weight is 480 g/mol. The topological polar surface area (TPSA) is 105 Å². The van der Waals surface area contributed by atoms with E-state index in [0.717, 1.165) is 0 Å². The Labute approximate surface area is 204 Å². The van der Waals surface area contributed by atoms with Crippen LogP contribution in [0.2, 0.25) is 0 Å². The van der Waals surface area contributed by atoms with Crippen molar-refractivity contribution in [2.24, 2.45) is 0 Å². The number of imide groups is 1. The van der Waals surface area contributed by atoms with E-state index in [1.165, 1.54) is 25.2 Å². The number of fused-ring (bicyclic) bond motifs is 1. The first kappa shape index (κ1) is 24.3. The summed E-state index contributed by atoms with van der Waals surface area (Å²) in [6.07, 6.45) is 1.21. The second-order valence-electron chi connectivity index (χ2n) is 8.94. The summed E-state index contributed by atoms with van der Waals surface area (Å²) in [7, 11) is 3.05. The molecule has 0 aromatic heterocycles. The normalized spacial score (nSPS) is 15.9. The van der Waals surface area contributed by atoms with Crippen molar-refractivity contribution in [3.8, 4) is 11.5 Å². The van der Waals surface area contributed by atoms with E-state index >= 15 is 0 Å². The van der Waals surface area contributed by atoms with Gasteiger partial charge in [0.25, 0.3) is 23.6 Å². The van der Waals surface area contributed by atoms with E-state index in [2.05, 4.69) is 5.32 Å². The molecule has 2 aliphatic rings. The van der Waals surface area contributed by atoms with Gasteiger partial charge in [-0.2, -0.15) is 0 Å². The standard InChI is InChI=1S/C26H29N3O6/c1-15(2)29-25(32)19-7-5-17(13-20(19)26(29)33)24(31)28-11-9-18(10-12-28)27-23(30)16-6-8-21(34-3)22(14-16)35-4/h5-8,13-15,18H,9-12H2,1-4H3,(H,27,30). The first-order chi connectivity index (χ1) is 16.7. The van der Waals surface area contributed by atoms with Crippen LogP contribution in [-0.4, -0.2) is 72.8 Å². The van der Waals surface area contributed by atoms with Crippen LogP contribution in [0.4, 0.5) is 0 Å². The summed E-state index contributed by atoms with van der Waals surface area (Å²) in [5.41, 5.74) is 1.45. The fraction of sp³-hybridized carbons (Fsp3) is 0.385. The minimum Gasteiger partial charge on any atom is -0.493 e. The third-order valence-corrected chi connectivity index (χ3v) is 6.44. The van der Waals surface area contributed by atoms with Crippen molar-refractivity contribution in [2.45, 2.75) is 38.8 Å². The molecule has 2 aliphatic heterocycles. The maximum Gasteiger partial charge on any atom is 0.261 e. The highest BCUT2D eigenvalue weighted by atomic mass is 16.5. The molecule has 0 unspecified atom stereocenters. The first-order valence-electron chi connectivity index (χ1n) is 11.6. The number of nitrogens with zero attached hydrogens (tertiary/aromatic N) is 2. The largest absolute Gasteiger partial charge is 0.493 e. The van der Waals surface area contributed by atoms with Gasteiger partial charge in [0.2, 0.25) is 0 Å². The zero-order valence-electron chi connectivity index (χ0n) is 20.3. The Kier molecular flexibility index (Phi) is 6.77. The van der Waals surface area contributed by atoms with Crippen molar-refractivity contribution in [2.75, 3.05) is 27.3 Å². The maximum absolute atomic E-state index is 13.1. The van der Waals surface area contributed by atoms with Crippen molar-refractivity contribution in [3.63, 3.8) is 0 Å². The summed E-state index contributed by atoms with van der Waals surface area (Å²) in [5, 5.41) is 3.02. The Morgan fingerprint density at radius 3 is 2.14 bits per heavy atom. The molecule has 1 saturated heterocycles. The number of carbonyl (C=O) groups is 4. The number of hydrogen-bond donors (Lipinski definition) is 1. The SMILES string of the molecule is COc1ccc(C(=O)NC2CCN(C(=O)c3ccc4c(c3)C(=O)N(C(C)C)C4=O)CC2)cc1OC. The quantitative estimate of drug-likeness (QED) is 0.639. The van der Waals surface area contributed by atoms with Crippen molar-refractivity contribution < 1.29 is 28.7 Å². The van der Waals surface area contributed by atoms with Gasteiger partial charge >= 0.3 is 0 Å². The highest BCUT2D eigenvalue weighted by Crippen LogP contribution is 2.28. The fourth-order valence-electron chi connectivity index (χ4n) is 4.52. The lowest BCUT2D eigenvalue weighted by Gasteiger charge is -2.32. The second kappa shape index (κ2) is 9.77. The molecular formula is C26H29N3O6. The van der Waals surface area contributed by atoms with Crippen LogP contribution in [0.3, 0.4) is 0 Å². The van der Waals surface area contributed by atoms with Gasteiger partial charge in [0.1, 0.15) is 0 Å². The zero-order valence-corrected chi connectivity index (χ0v) is 20.3.